The molecule has 0 unspecified atom stereocenters. The molecule has 0 spiro atoms. The molecule has 0 aliphatic carbocycles. The summed E-state index contributed by atoms with van der Waals surface area (Å²) in [5.41, 5.74) is 0. The smallest absolute Gasteiger partial charge is 0.119 e. The predicted octanol–water partition coefficient (Wildman–Crippen LogP) is 3.01. The molecule has 1 rings (SSSR count). The molecule has 0 aromatic heterocycles. The van der Waals surface area contributed by atoms with Gasteiger partial charge in [-0.05, 0) is 37.5 Å². The molecule has 0 atom stereocenters. The quantitative estimate of drug-likeness (QED) is 0.613. The molecule has 1 radical (unpaired) electrons. The van der Waals surface area contributed by atoms with Gasteiger partial charge in [-0.2, -0.15) is 0 Å². The van der Waals surface area contributed by atoms with Gasteiger partial charge in [0, 0.05) is 0 Å². The summed E-state index contributed by atoms with van der Waals surface area (Å²) < 4.78 is 17.1. The lowest BCUT2D eigenvalue weighted by Gasteiger charge is -2.04. The van der Waals surface area contributed by atoms with E-state index in [2.05, 4.69) is 6.07 Å². The first-order valence-electron chi connectivity index (χ1n) is 4.58. The Labute approximate surface area is 78.5 Å². The maximum absolute atomic E-state index is 11.7. The Morgan fingerprint density at radius 3 is 2.92 bits per heavy atom. The van der Waals surface area contributed by atoms with Gasteiger partial charge < -0.3 is 4.74 Å². The predicted molar refractivity (Wildman–Crippen MR) is 50.6 cm³/mol. The molecule has 71 valence electrons. The summed E-state index contributed by atoms with van der Waals surface area (Å²) >= 11 is 0. The van der Waals surface area contributed by atoms with Crippen LogP contribution in [0.25, 0.3) is 0 Å². The van der Waals surface area contributed by atoms with Gasteiger partial charge >= 0.3 is 0 Å². The number of hydrogen-bond acceptors (Lipinski definition) is 1. The number of rotatable bonds is 6. The van der Waals surface area contributed by atoms with Gasteiger partial charge in [-0.15, -0.1) is 0 Å². The number of alkyl halides is 1. The van der Waals surface area contributed by atoms with Crippen molar-refractivity contribution in [3.8, 4) is 5.75 Å². The summed E-state index contributed by atoms with van der Waals surface area (Å²) in [7, 11) is 0. The highest BCUT2D eigenvalue weighted by Crippen LogP contribution is 2.08. The van der Waals surface area contributed by atoms with Crippen LogP contribution in [0.5, 0.6) is 5.75 Å². The third-order valence-electron chi connectivity index (χ3n) is 1.73. The minimum atomic E-state index is -0.223. The first-order valence-corrected chi connectivity index (χ1v) is 4.58. The van der Waals surface area contributed by atoms with E-state index in [4.69, 9.17) is 4.74 Å². The van der Waals surface area contributed by atoms with Crippen LogP contribution in [-0.2, 0) is 0 Å². The molecule has 1 aromatic rings. The van der Waals surface area contributed by atoms with Crippen LogP contribution in [0.2, 0.25) is 0 Å². The van der Waals surface area contributed by atoms with Gasteiger partial charge in [-0.1, -0.05) is 12.1 Å². The van der Waals surface area contributed by atoms with E-state index >= 15 is 0 Å². The first kappa shape index (κ1) is 10.0. The second-order valence-electron chi connectivity index (χ2n) is 2.84. The minimum absolute atomic E-state index is 0.223. The van der Waals surface area contributed by atoms with E-state index in [0.29, 0.717) is 13.0 Å². The Bertz CT molecular complexity index is 211. The highest BCUT2D eigenvalue weighted by molar-refractivity contribution is 5.19. The fourth-order valence-corrected chi connectivity index (χ4v) is 1.03. The van der Waals surface area contributed by atoms with Crippen molar-refractivity contribution >= 4 is 0 Å². The van der Waals surface area contributed by atoms with E-state index in [0.717, 1.165) is 18.6 Å². The van der Waals surface area contributed by atoms with E-state index in [1.54, 1.807) is 6.07 Å². The third kappa shape index (κ3) is 4.51. The Kier molecular flexibility index (Phi) is 4.99. The number of ether oxygens (including phenoxy) is 1. The van der Waals surface area contributed by atoms with Gasteiger partial charge in [0.2, 0.25) is 0 Å². The zero-order valence-electron chi connectivity index (χ0n) is 7.63. The summed E-state index contributed by atoms with van der Waals surface area (Å²) in [6, 6.07) is 10.3. The summed E-state index contributed by atoms with van der Waals surface area (Å²) in [6.45, 7) is 0.441. The van der Waals surface area contributed by atoms with Crippen LogP contribution < -0.4 is 4.74 Å². The highest BCUT2D eigenvalue weighted by atomic mass is 19.1. The van der Waals surface area contributed by atoms with Crippen molar-refractivity contribution in [2.75, 3.05) is 13.3 Å². The van der Waals surface area contributed by atoms with E-state index < -0.39 is 0 Å². The molecule has 0 saturated heterocycles. The summed E-state index contributed by atoms with van der Waals surface area (Å²) in [4.78, 5) is 0. The standard InChI is InChI=1S/C11H14FO/c12-9-5-2-6-10-13-11-7-3-1-4-8-11/h1,3,7-8H,2,5-6,9-10H2. The van der Waals surface area contributed by atoms with E-state index in [1.807, 2.05) is 18.2 Å². The normalized spacial score (nSPS) is 9.92. The van der Waals surface area contributed by atoms with Crippen molar-refractivity contribution < 1.29 is 9.13 Å². The molecule has 0 heterocycles. The second-order valence-corrected chi connectivity index (χ2v) is 2.84. The molecule has 0 aliphatic rings. The van der Waals surface area contributed by atoms with Crippen molar-refractivity contribution in [3.05, 3.63) is 30.3 Å². The molecule has 0 fully saturated rings. The molecular weight excluding hydrogens is 167 g/mol. The Balaban J connectivity index is 2.07. The third-order valence-corrected chi connectivity index (χ3v) is 1.73. The summed E-state index contributed by atoms with van der Waals surface area (Å²) in [6.07, 6.45) is 2.45. The highest BCUT2D eigenvalue weighted by Gasteiger charge is 1.91. The lowest BCUT2D eigenvalue weighted by molar-refractivity contribution is 0.301. The molecule has 2 heteroatoms. The monoisotopic (exact) mass is 181 g/mol. The first-order chi connectivity index (χ1) is 6.43. The molecule has 0 amide bonds. The van der Waals surface area contributed by atoms with Gasteiger partial charge in [0.15, 0.2) is 0 Å². The van der Waals surface area contributed by atoms with Crippen molar-refractivity contribution in [2.45, 2.75) is 19.3 Å². The van der Waals surface area contributed by atoms with Crippen molar-refractivity contribution in [1.82, 2.24) is 0 Å². The molecule has 1 aromatic carbocycles. The maximum atomic E-state index is 11.7. The fraction of sp³-hybridized carbons (Fsp3) is 0.455. The molecular formula is C11H14FO. The maximum Gasteiger partial charge on any atom is 0.119 e. The summed E-state index contributed by atoms with van der Waals surface area (Å²) in [5, 5.41) is 0. The van der Waals surface area contributed by atoms with E-state index in [9.17, 15) is 4.39 Å². The van der Waals surface area contributed by atoms with Crippen LogP contribution in [0, 0.1) is 6.07 Å². The topological polar surface area (TPSA) is 9.23 Å². The lowest BCUT2D eigenvalue weighted by atomic mass is 10.2. The van der Waals surface area contributed by atoms with Crippen LogP contribution in [0.15, 0.2) is 24.3 Å². The molecule has 1 nitrogen and oxygen atoms in total. The minimum Gasteiger partial charge on any atom is -0.494 e. The zero-order valence-corrected chi connectivity index (χ0v) is 7.63. The van der Waals surface area contributed by atoms with Gasteiger partial charge in [0.1, 0.15) is 5.75 Å². The van der Waals surface area contributed by atoms with Crippen LogP contribution in [0.4, 0.5) is 4.39 Å². The van der Waals surface area contributed by atoms with Crippen LogP contribution >= 0.6 is 0 Å². The van der Waals surface area contributed by atoms with Gasteiger partial charge in [0.25, 0.3) is 0 Å². The van der Waals surface area contributed by atoms with Crippen LogP contribution in [0.3, 0.4) is 0 Å². The van der Waals surface area contributed by atoms with Gasteiger partial charge in [-0.3, -0.25) is 4.39 Å². The van der Waals surface area contributed by atoms with E-state index in [-0.39, 0.29) is 6.67 Å². The van der Waals surface area contributed by atoms with Crippen molar-refractivity contribution in [3.63, 3.8) is 0 Å². The van der Waals surface area contributed by atoms with Gasteiger partial charge in [-0.25, -0.2) is 0 Å². The number of benzene rings is 1. The SMILES string of the molecule is FCCCCCOc1c[c]ccc1. The summed E-state index contributed by atoms with van der Waals surface area (Å²) in [5.74, 6) is 0.836. The van der Waals surface area contributed by atoms with Crippen LogP contribution in [0.1, 0.15) is 19.3 Å². The number of halogens is 1. The molecule has 0 aliphatic heterocycles. The molecule has 0 saturated carbocycles. The van der Waals surface area contributed by atoms with E-state index in [1.165, 1.54) is 0 Å². The van der Waals surface area contributed by atoms with Crippen molar-refractivity contribution in [2.24, 2.45) is 0 Å². The largest absolute Gasteiger partial charge is 0.494 e. The molecule has 0 N–H and O–H groups in total. The Morgan fingerprint density at radius 2 is 2.23 bits per heavy atom. The van der Waals surface area contributed by atoms with Crippen molar-refractivity contribution in [1.29, 1.82) is 0 Å². The number of hydrogen-bond donors (Lipinski definition) is 0. The molecule has 0 bridgehead atoms. The number of unbranched alkanes of at least 4 members (excludes halogenated alkanes) is 2. The fourth-order valence-electron chi connectivity index (χ4n) is 1.03. The second kappa shape index (κ2) is 6.46. The van der Waals surface area contributed by atoms with Gasteiger partial charge in [0.05, 0.1) is 13.3 Å². The average Bonchev–Trinajstić information content (AvgIpc) is 2.19. The average molecular weight is 181 g/mol. The lowest BCUT2D eigenvalue weighted by Crippen LogP contribution is -1.96. The zero-order chi connectivity index (χ0) is 9.36. The molecule has 13 heavy (non-hydrogen) atoms. The van der Waals surface area contributed by atoms with Crippen LogP contribution in [-0.4, -0.2) is 13.3 Å². The Hall–Kier alpha value is -1.05. The Morgan fingerprint density at radius 1 is 1.31 bits per heavy atom.